The van der Waals surface area contributed by atoms with Gasteiger partial charge in [-0.3, -0.25) is 15.3 Å². The maximum atomic E-state index is 12.7. The summed E-state index contributed by atoms with van der Waals surface area (Å²) >= 11 is 0. The molecule has 0 aliphatic carbocycles. The topological polar surface area (TPSA) is 119 Å². The number of aliphatic hydroxyl groups is 1. The van der Waals surface area contributed by atoms with Crippen molar-refractivity contribution in [2.45, 2.75) is 25.9 Å². The minimum Gasteiger partial charge on any atom is -0.398 e. The van der Waals surface area contributed by atoms with E-state index in [1.807, 2.05) is 24.0 Å². The Labute approximate surface area is 169 Å². The number of pyridine rings is 1. The molecule has 2 aliphatic rings. The van der Waals surface area contributed by atoms with Gasteiger partial charge < -0.3 is 21.1 Å². The molecule has 5 N–H and O–H groups in total. The van der Waals surface area contributed by atoms with E-state index in [1.165, 1.54) is 0 Å². The van der Waals surface area contributed by atoms with Crippen LogP contribution in [-0.4, -0.2) is 63.9 Å². The first kappa shape index (κ1) is 19.4. The summed E-state index contributed by atoms with van der Waals surface area (Å²) in [5.74, 6) is 0. The molecule has 1 aromatic carbocycles. The van der Waals surface area contributed by atoms with Gasteiger partial charge in [0.25, 0.3) is 0 Å². The van der Waals surface area contributed by atoms with Gasteiger partial charge in [0.05, 0.1) is 12.3 Å². The Morgan fingerprint density at radius 1 is 1.41 bits per heavy atom. The van der Waals surface area contributed by atoms with Gasteiger partial charge in [0.1, 0.15) is 0 Å². The molecule has 4 rings (SSSR count). The number of likely N-dealkylation sites (tertiary alicyclic amines) is 1. The number of nitrogens with two attached hydrogens (primary N) is 1. The molecule has 1 atom stereocenters. The zero-order valence-corrected chi connectivity index (χ0v) is 16.5. The van der Waals surface area contributed by atoms with Crippen LogP contribution in [-0.2, 0) is 6.54 Å². The van der Waals surface area contributed by atoms with Crippen molar-refractivity contribution in [1.29, 1.82) is 5.41 Å². The SMILES string of the molecule is Cc1cc(C(=N)c2cc3c(cc2N)NC(=O)N(C2CCN(CCO)C2)C3)ccn1. The molecule has 2 aliphatic heterocycles. The molecular weight excluding hydrogens is 368 g/mol. The van der Waals surface area contributed by atoms with E-state index in [0.717, 1.165) is 36.3 Å². The van der Waals surface area contributed by atoms with Crippen LogP contribution in [0.1, 0.15) is 28.8 Å². The Morgan fingerprint density at radius 3 is 3.00 bits per heavy atom. The summed E-state index contributed by atoms with van der Waals surface area (Å²) in [6.07, 6.45) is 2.57. The zero-order chi connectivity index (χ0) is 20.5. The van der Waals surface area contributed by atoms with Crippen molar-refractivity contribution in [2.75, 3.05) is 37.3 Å². The number of nitrogens with one attached hydrogen (secondary N) is 2. The summed E-state index contributed by atoms with van der Waals surface area (Å²) in [7, 11) is 0. The molecule has 0 spiro atoms. The average Bonchev–Trinajstić information content (AvgIpc) is 3.15. The quantitative estimate of drug-likeness (QED) is 0.456. The number of nitrogen functional groups attached to an aromatic ring is 1. The highest BCUT2D eigenvalue weighted by molar-refractivity contribution is 6.14. The van der Waals surface area contributed by atoms with Crippen LogP contribution in [0.3, 0.4) is 0 Å². The average molecular weight is 394 g/mol. The normalized spacial score (nSPS) is 19.2. The Bertz CT molecular complexity index is 960. The van der Waals surface area contributed by atoms with Crippen LogP contribution in [0.15, 0.2) is 30.5 Å². The molecule has 0 bridgehead atoms. The highest BCUT2D eigenvalue weighted by Crippen LogP contribution is 2.32. The third-order valence-electron chi connectivity index (χ3n) is 5.68. The lowest BCUT2D eigenvalue weighted by atomic mass is 9.96. The number of carbonyl (C=O) groups is 1. The third kappa shape index (κ3) is 3.81. The highest BCUT2D eigenvalue weighted by Gasteiger charge is 2.34. The molecule has 1 fully saturated rings. The molecule has 8 nitrogen and oxygen atoms in total. The van der Waals surface area contributed by atoms with Gasteiger partial charge in [0.2, 0.25) is 0 Å². The van der Waals surface area contributed by atoms with E-state index < -0.39 is 0 Å². The number of aryl methyl sites for hydroxylation is 1. The maximum Gasteiger partial charge on any atom is 0.322 e. The first-order chi connectivity index (χ1) is 14.0. The molecular formula is C21H26N6O2. The van der Waals surface area contributed by atoms with Gasteiger partial charge in [-0.25, -0.2) is 4.79 Å². The Hall–Kier alpha value is -2.97. The molecule has 8 heteroatoms. The van der Waals surface area contributed by atoms with Crippen LogP contribution in [0.4, 0.5) is 16.2 Å². The van der Waals surface area contributed by atoms with E-state index in [0.29, 0.717) is 35.7 Å². The van der Waals surface area contributed by atoms with Crippen LogP contribution >= 0.6 is 0 Å². The van der Waals surface area contributed by atoms with Gasteiger partial charge in [-0.1, -0.05) is 0 Å². The van der Waals surface area contributed by atoms with Crippen molar-refractivity contribution >= 4 is 23.1 Å². The Kier molecular flexibility index (Phi) is 5.21. The van der Waals surface area contributed by atoms with E-state index >= 15 is 0 Å². The number of hydrogen-bond donors (Lipinski definition) is 4. The van der Waals surface area contributed by atoms with Crippen molar-refractivity contribution in [2.24, 2.45) is 0 Å². The van der Waals surface area contributed by atoms with Crippen molar-refractivity contribution in [3.8, 4) is 0 Å². The number of benzene rings is 1. The number of hydrogen-bond acceptors (Lipinski definition) is 6. The van der Waals surface area contributed by atoms with Crippen LogP contribution in [0.25, 0.3) is 0 Å². The smallest absolute Gasteiger partial charge is 0.322 e. The number of carbonyl (C=O) groups excluding carboxylic acids is 1. The highest BCUT2D eigenvalue weighted by atomic mass is 16.3. The number of urea groups is 1. The summed E-state index contributed by atoms with van der Waals surface area (Å²) in [6.45, 7) is 4.77. The summed E-state index contributed by atoms with van der Waals surface area (Å²) in [4.78, 5) is 20.9. The summed E-state index contributed by atoms with van der Waals surface area (Å²) < 4.78 is 0. The molecule has 29 heavy (non-hydrogen) atoms. The fourth-order valence-electron chi connectivity index (χ4n) is 4.13. The second-order valence-electron chi connectivity index (χ2n) is 7.68. The summed E-state index contributed by atoms with van der Waals surface area (Å²) in [5.41, 5.74) is 10.9. The molecule has 0 saturated carbocycles. The number of nitrogens with zero attached hydrogens (tertiary/aromatic N) is 3. The van der Waals surface area contributed by atoms with E-state index in [1.54, 1.807) is 18.3 Å². The molecule has 1 unspecified atom stereocenters. The van der Waals surface area contributed by atoms with Crippen molar-refractivity contribution in [1.82, 2.24) is 14.8 Å². The summed E-state index contributed by atoms with van der Waals surface area (Å²) in [6, 6.07) is 7.31. The van der Waals surface area contributed by atoms with Crippen molar-refractivity contribution in [3.63, 3.8) is 0 Å². The number of aliphatic hydroxyl groups excluding tert-OH is 1. The minimum absolute atomic E-state index is 0.109. The van der Waals surface area contributed by atoms with E-state index in [-0.39, 0.29) is 18.7 Å². The number of anilines is 2. The van der Waals surface area contributed by atoms with Crippen LogP contribution < -0.4 is 11.1 Å². The molecule has 2 aromatic rings. The van der Waals surface area contributed by atoms with Crippen LogP contribution in [0.5, 0.6) is 0 Å². The molecule has 2 amide bonds. The maximum absolute atomic E-state index is 12.7. The predicted molar refractivity (Wildman–Crippen MR) is 112 cm³/mol. The molecule has 3 heterocycles. The zero-order valence-electron chi connectivity index (χ0n) is 16.5. The minimum atomic E-state index is -0.125. The lowest BCUT2D eigenvalue weighted by Crippen LogP contribution is -2.46. The first-order valence-electron chi connectivity index (χ1n) is 9.81. The van der Waals surface area contributed by atoms with Crippen LogP contribution in [0.2, 0.25) is 0 Å². The number of fused-ring (bicyclic) bond motifs is 1. The van der Waals surface area contributed by atoms with Crippen molar-refractivity contribution < 1.29 is 9.90 Å². The van der Waals surface area contributed by atoms with Crippen molar-refractivity contribution in [3.05, 3.63) is 52.8 Å². The Balaban J connectivity index is 1.60. The monoisotopic (exact) mass is 394 g/mol. The molecule has 1 saturated heterocycles. The van der Waals surface area contributed by atoms with Gasteiger partial charge in [0, 0.05) is 66.6 Å². The third-order valence-corrected chi connectivity index (χ3v) is 5.68. The second kappa shape index (κ2) is 7.81. The van der Waals surface area contributed by atoms with Gasteiger partial charge in [-0.05, 0) is 43.2 Å². The first-order valence-corrected chi connectivity index (χ1v) is 9.81. The van der Waals surface area contributed by atoms with E-state index in [2.05, 4.69) is 15.2 Å². The van der Waals surface area contributed by atoms with Gasteiger partial charge in [-0.2, -0.15) is 0 Å². The number of rotatable bonds is 5. The fraction of sp³-hybridized carbons (Fsp3) is 0.381. The Morgan fingerprint density at radius 2 is 2.24 bits per heavy atom. The van der Waals surface area contributed by atoms with Gasteiger partial charge >= 0.3 is 6.03 Å². The van der Waals surface area contributed by atoms with E-state index in [9.17, 15) is 4.79 Å². The lowest BCUT2D eigenvalue weighted by molar-refractivity contribution is 0.173. The molecule has 152 valence electrons. The number of aromatic nitrogens is 1. The van der Waals surface area contributed by atoms with E-state index in [4.69, 9.17) is 16.2 Å². The van der Waals surface area contributed by atoms with Gasteiger partial charge in [-0.15, -0.1) is 0 Å². The number of β-amino-alcohol motifs (C(OH)–C–C–N with tert-alkyl or cyclic N) is 1. The largest absolute Gasteiger partial charge is 0.398 e. The molecule has 0 radical (unpaired) electrons. The van der Waals surface area contributed by atoms with Gasteiger partial charge in [0.15, 0.2) is 0 Å². The fourth-order valence-corrected chi connectivity index (χ4v) is 4.13. The molecule has 1 aromatic heterocycles. The van der Waals surface area contributed by atoms with Crippen LogP contribution in [0, 0.1) is 12.3 Å². The standard InChI is InChI=1S/C21H26N6O2/c1-13-8-14(2-4-24-13)20(23)17-9-15-11-27(16-3-5-26(12-16)6-7-28)21(29)25-19(15)10-18(17)22/h2,4,8-10,16,23,28H,3,5-7,11-12,22H2,1H3,(H,25,29). The second-order valence-corrected chi connectivity index (χ2v) is 7.68. The lowest BCUT2D eigenvalue weighted by Gasteiger charge is -2.34. The number of amides is 2. The predicted octanol–water partition coefficient (Wildman–Crippen LogP) is 1.80. The summed E-state index contributed by atoms with van der Waals surface area (Å²) in [5, 5.41) is 20.7.